The van der Waals surface area contributed by atoms with Crippen LogP contribution in [0.5, 0.6) is 11.5 Å². The van der Waals surface area contributed by atoms with Gasteiger partial charge in [-0.15, -0.1) is 0 Å². The van der Waals surface area contributed by atoms with Crippen molar-refractivity contribution in [2.75, 3.05) is 31.4 Å². The molecule has 7 nitrogen and oxygen atoms in total. The maximum atomic E-state index is 12.5. The molecule has 0 aliphatic rings. The monoisotopic (exact) mass is 329 g/mol. The Balaban J connectivity index is 2.30. The molecule has 126 valence electrons. The lowest BCUT2D eigenvalue weighted by atomic mass is 10.1. The Hall–Kier alpha value is -3.06. The molecule has 0 aromatic heterocycles. The minimum Gasteiger partial charge on any atom is -0.497 e. The van der Waals surface area contributed by atoms with Gasteiger partial charge in [0, 0.05) is 6.07 Å². The predicted octanol–water partition coefficient (Wildman–Crippen LogP) is 1.85. The van der Waals surface area contributed by atoms with E-state index in [9.17, 15) is 9.59 Å². The predicted molar refractivity (Wildman–Crippen MR) is 91.6 cm³/mol. The average molecular weight is 329 g/mol. The highest BCUT2D eigenvalue weighted by molar-refractivity contribution is 6.09. The van der Waals surface area contributed by atoms with Crippen LogP contribution in [-0.2, 0) is 4.79 Å². The van der Waals surface area contributed by atoms with Crippen LogP contribution < -0.4 is 25.8 Å². The summed E-state index contributed by atoms with van der Waals surface area (Å²) in [5.41, 5.74) is 6.53. The van der Waals surface area contributed by atoms with Gasteiger partial charge in [-0.25, -0.2) is 0 Å². The first-order valence-corrected chi connectivity index (χ1v) is 7.21. The van der Waals surface area contributed by atoms with E-state index in [4.69, 9.17) is 15.2 Å². The van der Waals surface area contributed by atoms with Crippen molar-refractivity contribution in [3.63, 3.8) is 0 Å². The van der Waals surface area contributed by atoms with E-state index in [1.807, 2.05) is 0 Å². The van der Waals surface area contributed by atoms with Crippen molar-refractivity contribution >= 4 is 23.2 Å². The number of methoxy groups -OCH3 is 2. The highest BCUT2D eigenvalue weighted by atomic mass is 16.5. The van der Waals surface area contributed by atoms with Gasteiger partial charge in [0.1, 0.15) is 11.5 Å². The van der Waals surface area contributed by atoms with Gasteiger partial charge < -0.3 is 25.8 Å². The van der Waals surface area contributed by atoms with E-state index in [1.165, 1.54) is 14.2 Å². The zero-order chi connectivity index (χ0) is 17.5. The Morgan fingerprint density at radius 3 is 2.42 bits per heavy atom. The molecular weight excluding hydrogens is 310 g/mol. The van der Waals surface area contributed by atoms with Crippen LogP contribution in [0, 0.1) is 0 Å². The number of hydrogen-bond donors (Lipinski definition) is 3. The van der Waals surface area contributed by atoms with Crippen molar-refractivity contribution in [3.05, 3.63) is 48.0 Å². The fraction of sp³-hybridized carbons (Fsp3) is 0.176. The van der Waals surface area contributed by atoms with Crippen molar-refractivity contribution in [3.8, 4) is 11.5 Å². The number of nitrogens with one attached hydrogen (secondary N) is 2. The van der Waals surface area contributed by atoms with E-state index in [2.05, 4.69) is 10.6 Å². The maximum absolute atomic E-state index is 12.5. The topological polar surface area (TPSA) is 103 Å². The average Bonchev–Trinajstić information content (AvgIpc) is 2.62. The van der Waals surface area contributed by atoms with Crippen LogP contribution in [0.15, 0.2) is 42.5 Å². The molecule has 0 aliphatic heterocycles. The Morgan fingerprint density at radius 2 is 1.75 bits per heavy atom. The summed E-state index contributed by atoms with van der Waals surface area (Å²) in [4.78, 5) is 24.1. The third-order valence-corrected chi connectivity index (χ3v) is 3.29. The van der Waals surface area contributed by atoms with Crippen molar-refractivity contribution in [1.29, 1.82) is 0 Å². The highest BCUT2D eigenvalue weighted by Gasteiger charge is 2.15. The van der Waals surface area contributed by atoms with Gasteiger partial charge in [-0.1, -0.05) is 12.1 Å². The fourth-order valence-electron chi connectivity index (χ4n) is 2.09. The molecule has 0 bridgehead atoms. The molecule has 2 amide bonds. The van der Waals surface area contributed by atoms with Gasteiger partial charge >= 0.3 is 0 Å². The van der Waals surface area contributed by atoms with E-state index in [0.29, 0.717) is 28.4 Å². The third-order valence-electron chi connectivity index (χ3n) is 3.29. The molecule has 7 heteroatoms. The number of hydrogen-bond acceptors (Lipinski definition) is 5. The molecule has 24 heavy (non-hydrogen) atoms. The fourth-order valence-corrected chi connectivity index (χ4v) is 2.09. The molecular formula is C17H19N3O4. The molecule has 0 saturated heterocycles. The van der Waals surface area contributed by atoms with Gasteiger partial charge in [0.2, 0.25) is 5.91 Å². The first-order chi connectivity index (χ1) is 11.6. The van der Waals surface area contributed by atoms with Gasteiger partial charge in [0.15, 0.2) is 0 Å². The van der Waals surface area contributed by atoms with E-state index < -0.39 is 0 Å². The zero-order valence-corrected chi connectivity index (χ0v) is 13.5. The molecule has 2 aromatic rings. The highest BCUT2D eigenvalue weighted by Crippen LogP contribution is 2.28. The Kier molecular flexibility index (Phi) is 5.75. The molecule has 0 radical (unpaired) electrons. The molecule has 0 unspecified atom stereocenters. The molecule has 0 fully saturated rings. The first-order valence-electron chi connectivity index (χ1n) is 7.21. The summed E-state index contributed by atoms with van der Waals surface area (Å²) in [7, 11) is 3.00. The van der Waals surface area contributed by atoms with Crippen LogP contribution >= 0.6 is 0 Å². The summed E-state index contributed by atoms with van der Waals surface area (Å²) < 4.78 is 10.3. The Bertz CT molecular complexity index is 746. The van der Waals surface area contributed by atoms with E-state index in [1.54, 1.807) is 42.5 Å². The van der Waals surface area contributed by atoms with Crippen molar-refractivity contribution in [1.82, 2.24) is 0 Å². The number of amides is 2. The quantitative estimate of drug-likeness (QED) is 0.750. The largest absolute Gasteiger partial charge is 0.497 e. The van der Waals surface area contributed by atoms with Crippen molar-refractivity contribution in [2.24, 2.45) is 5.73 Å². The van der Waals surface area contributed by atoms with Gasteiger partial charge in [-0.05, 0) is 24.3 Å². The van der Waals surface area contributed by atoms with Crippen LogP contribution in [0.4, 0.5) is 11.4 Å². The SMILES string of the molecule is COc1ccc(NC(=O)c2ccccc2OC)c(NC(=O)CN)c1. The van der Waals surface area contributed by atoms with Crippen LogP contribution in [0.25, 0.3) is 0 Å². The number of para-hydroxylation sites is 1. The lowest BCUT2D eigenvalue weighted by Crippen LogP contribution is -2.23. The summed E-state index contributed by atoms with van der Waals surface area (Å²) in [6.45, 7) is -0.170. The number of rotatable bonds is 6. The summed E-state index contributed by atoms with van der Waals surface area (Å²) in [6, 6.07) is 11.8. The second-order valence-corrected chi connectivity index (χ2v) is 4.82. The Labute approximate surface area is 139 Å². The molecule has 0 atom stereocenters. The van der Waals surface area contributed by atoms with Crippen LogP contribution in [0.2, 0.25) is 0 Å². The van der Waals surface area contributed by atoms with Gasteiger partial charge in [0.25, 0.3) is 5.91 Å². The molecule has 2 rings (SSSR count). The second kappa shape index (κ2) is 7.98. The molecule has 0 aliphatic carbocycles. The zero-order valence-electron chi connectivity index (χ0n) is 13.5. The Morgan fingerprint density at radius 1 is 1.00 bits per heavy atom. The minimum absolute atomic E-state index is 0.170. The summed E-state index contributed by atoms with van der Waals surface area (Å²) >= 11 is 0. The molecule has 2 aromatic carbocycles. The van der Waals surface area contributed by atoms with Crippen LogP contribution in [0.3, 0.4) is 0 Å². The standard InChI is InChI=1S/C17H19N3O4/c1-23-11-7-8-13(14(9-11)19-16(21)10-18)20-17(22)12-5-3-4-6-15(12)24-2/h3-9H,10,18H2,1-2H3,(H,19,21)(H,20,22). The number of carbonyl (C=O) groups excluding carboxylic acids is 2. The van der Waals surface area contributed by atoms with Gasteiger partial charge in [-0.2, -0.15) is 0 Å². The summed E-state index contributed by atoms with van der Waals surface area (Å²) in [5, 5.41) is 5.38. The molecule has 0 heterocycles. The van der Waals surface area contributed by atoms with Crippen molar-refractivity contribution < 1.29 is 19.1 Å². The molecule has 4 N–H and O–H groups in total. The minimum atomic E-state index is -0.379. The number of nitrogens with two attached hydrogens (primary N) is 1. The van der Waals surface area contributed by atoms with E-state index in [0.717, 1.165) is 0 Å². The van der Waals surface area contributed by atoms with Gasteiger partial charge in [0.05, 0.1) is 37.7 Å². The summed E-state index contributed by atoms with van der Waals surface area (Å²) in [5.74, 6) is 0.255. The van der Waals surface area contributed by atoms with Crippen LogP contribution in [-0.4, -0.2) is 32.6 Å². The molecule has 0 spiro atoms. The van der Waals surface area contributed by atoms with Gasteiger partial charge in [-0.3, -0.25) is 9.59 Å². The lowest BCUT2D eigenvalue weighted by Gasteiger charge is -2.14. The number of benzene rings is 2. The van der Waals surface area contributed by atoms with Crippen molar-refractivity contribution in [2.45, 2.75) is 0 Å². The van der Waals surface area contributed by atoms with Crippen LogP contribution in [0.1, 0.15) is 10.4 Å². The lowest BCUT2D eigenvalue weighted by molar-refractivity contribution is -0.114. The number of anilines is 2. The second-order valence-electron chi connectivity index (χ2n) is 4.82. The molecule has 0 saturated carbocycles. The maximum Gasteiger partial charge on any atom is 0.259 e. The normalized spacial score (nSPS) is 9.96. The summed E-state index contributed by atoms with van der Waals surface area (Å²) in [6.07, 6.45) is 0. The third kappa shape index (κ3) is 4.02. The number of ether oxygens (including phenoxy) is 2. The number of carbonyl (C=O) groups is 2. The van der Waals surface area contributed by atoms with E-state index in [-0.39, 0.29) is 18.4 Å². The smallest absolute Gasteiger partial charge is 0.259 e. The van der Waals surface area contributed by atoms with E-state index >= 15 is 0 Å². The first kappa shape index (κ1) is 17.3.